The molecule has 0 unspecified atom stereocenters. The Kier molecular flexibility index (Phi) is 6.00. The lowest BCUT2D eigenvalue weighted by atomic mass is 10.1. The zero-order valence-electron chi connectivity index (χ0n) is 13.5. The summed E-state index contributed by atoms with van der Waals surface area (Å²) in [7, 11) is -6.90. The molecule has 0 aliphatic carbocycles. The van der Waals surface area contributed by atoms with Crippen LogP contribution in [0.1, 0.15) is 31.7 Å². The van der Waals surface area contributed by atoms with E-state index in [9.17, 15) is 21.6 Å². The summed E-state index contributed by atoms with van der Waals surface area (Å²) in [5.41, 5.74) is 3.19. The van der Waals surface area contributed by atoms with Gasteiger partial charge in [-0.05, 0) is 36.5 Å². The molecule has 0 spiro atoms. The van der Waals surface area contributed by atoms with Crippen LogP contribution in [0.4, 0.5) is 0 Å². The molecule has 1 atom stereocenters. The van der Waals surface area contributed by atoms with E-state index in [0.29, 0.717) is 6.42 Å². The second-order valence-corrected chi connectivity index (χ2v) is 9.93. The molecule has 1 aliphatic rings. The summed E-state index contributed by atoms with van der Waals surface area (Å²) in [6.07, 6.45) is 2.25. The van der Waals surface area contributed by atoms with Gasteiger partial charge in [0.15, 0.2) is 9.84 Å². The summed E-state index contributed by atoms with van der Waals surface area (Å²) in [6.45, 7) is 2.04. The Morgan fingerprint density at radius 1 is 1.25 bits per heavy atom. The van der Waals surface area contributed by atoms with Gasteiger partial charge in [0.25, 0.3) is 10.0 Å². The van der Waals surface area contributed by atoms with E-state index >= 15 is 0 Å². The molecule has 134 valence electrons. The molecule has 1 amide bonds. The number of hydrogen-bond donors (Lipinski definition) is 2. The number of rotatable bonds is 7. The van der Waals surface area contributed by atoms with E-state index in [4.69, 9.17) is 0 Å². The van der Waals surface area contributed by atoms with Crippen molar-refractivity contribution in [2.45, 2.75) is 37.5 Å². The molecule has 0 radical (unpaired) electrons. The van der Waals surface area contributed by atoms with Crippen LogP contribution in [0.3, 0.4) is 0 Å². The first kappa shape index (κ1) is 18.9. The van der Waals surface area contributed by atoms with Crippen molar-refractivity contribution in [1.82, 2.24) is 10.3 Å². The zero-order chi connectivity index (χ0) is 17.8. The smallest absolute Gasteiger partial charge is 0.257 e. The van der Waals surface area contributed by atoms with E-state index in [-0.39, 0.29) is 28.7 Å². The predicted molar refractivity (Wildman–Crippen MR) is 90.3 cm³/mol. The monoisotopic (exact) mass is 374 g/mol. The first-order chi connectivity index (χ1) is 11.2. The van der Waals surface area contributed by atoms with Crippen LogP contribution in [0.25, 0.3) is 0 Å². The molecule has 2 N–H and O–H groups in total. The fourth-order valence-electron chi connectivity index (χ4n) is 2.65. The third kappa shape index (κ3) is 5.29. The normalized spacial score (nSPS) is 20.0. The molecule has 1 aromatic carbocycles. The molecule has 2 rings (SSSR count). The number of sulfonamides is 1. The van der Waals surface area contributed by atoms with Crippen molar-refractivity contribution in [1.29, 1.82) is 0 Å². The molecule has 1 aromatic rings. The minimum Gasteiger partial charge on any atom is -0.278 e. The highest BCUT2D eigenvalue weighted by Gasteiger charge is 2.29. The number of hydrogen-bond acceptors (Lipinski definition) is 5. The van der Waals surface area contributed by atoms with Crippen LogP contribution < -0.4 is 10.3 Å². The van der Waals surface area contributed by atoms with Gasteiger partial charge in [0.1, 0.15) is 0 Å². The maximum Gasteiger partial charge on any atom is 0.257 e. The van der Waals surface area contributed by atoms with Crippen molar-refractivity contribution in [2.24, 2.45) is 5.92 Å². The Morgan fingerprint density at radius 2 is 1.92 bits per heavy atom. The number of amides is 1. The highest BCUT2D eigenvalue weighted by molar-refractivity contribution is 7.91. The summed E-state index contributed by atoms with van der Waals surface area (Å²) in [6, 6.07) is 6.46. The van der Waals surface area contributed by atoms with Crippen LogP contribution in [0.5, 0.6) is 0 Å². The Balaban J connectivity index is 1.89. The van der Waals surface area contributed by atoms with Crippen molar-refractivity contribution in [3.63, 3.8) is 0 Å². The van der Waals surface area contributed by atoms with E-state index in [0.717, 1.165) is 18.4 Å². The lowest BCUT2D eigenvalue weighted by molar-refractivity contribution is -0.122. The minimum atomic E-state index is -3.84. The van der Waals surface area contributed by atoms with Crippen LogP contribution in [-0.2, 0) is 31.1 Å². The summed E-state index contributed by atoms with van der Waals surface area (Å²) in [5, 5.41) is 0. The molecule has 7 nitrogen and oxygen atoms in total. The fourth-order valence-corrected chi connectivity index (χ4v) is 5.38. The Morgan fingerprint density at radius 3 is 2.46 bits per heavy atom. The number of hydrazine groups is 1. The molecule has 0 aromatic heterocycles. The third-order valence-corrected chi connectivity index (χ3v) is 7.00. The average Bonchev–Trinajstić information content (AvgIpc) is 2.85. The van der Waals surface area contributed by atoms with Gasteiger partial charge in [-0.3, -0.25) is 10.2 Å². The van der Waals surface area contributed by atoms with Gasteiger partial charge in [0.2, 0.25) is 5.91 Å². The molecule has 24 heavy (non-hydrogen) atoms. The minimum absolute atomic E-state index is 0.0167. The van der Waals surface area contributed by atoms with Gasteiger partial charge < -0.3 is 0 Å². The van der Waals surface area contributed by atoms with E-state index < -0.39 is 25.8 Å². The molecule has 1 saturated heterocycles. The highest BCUT2D eigenvalue weighted by Crippen LogP contribution is 2.21. The summed E-state index contributed by atoms with van der Waals surface area (Å²) < 4.78 is 47.0. The maximum absolute atomic E-state index is 12.1. The first-order valence-corrected chi connectivity index (χ1v) is 11.1. The van der Waals surface area contributed by atoms with Gasteiger partial charge in [0, 0.05) is 6.42 Å². The predicted octanol–water partition coefficient (Wildman–Crippen LogP) is 0.773. The van der Waals surface area contributed by atoms with Crippen LogP contribution in [-0.4, -0.2) is 34.2 Å². The number of sulfone groups is 1. The molecule has 0 saturated carbocycles. The van der Waals surface area contributed by atoms with Crippen molar-refractivity contribution >= 4 is 25.8 Å². The number of carbonyl (C=O) groups is 1. The molecule has 1 heterocycles. The van der Waals surface area contributed by atoms with E-state index in [2.05, 4.69) is 5.43 Å². The van der Waals surface area contributed by atoms with Gasteiger partial charge >= 0.3 is 0 Å². The van der Waals surface area contributed by atoms with Gasteiger partial charge in [-0.25, -0.2) is 16.8 Å². The Hall–Kier alpha value is -1.45. The zero-order valence-corrected chi connectivity index (χ0v) is 15.1. The van der Waals surface area contributed by atoms with Crippen molar-refractivity contribution in [3.05, 3.63) is 29.8 Å². The van der Waals surface area contributed by atoms with Crippen LogP contribution in [0.2, 0.25) is 0 Å². The fraction of sp³-hybridized carbons (Fsp3) is 0.533. The maximum atomic E-state index is 12.1. The standard InChI is InChI=1S/C15H22N2O5S2/c1-2-3-12-4-6-14(7-5-12)24(21,22)17-16-15(18)10-13-8-9-23(19,20)11-13/h4-7,13,17H,2-3,8-11H2,1H3,(H,16,18)/t13-/m1/s1. The van der Waals surface area contributed by atoms with Gasteiger partial charge in [-0.2, -0.15) is 0 Å². The highest BCUT2D eigenvalue weighted by atomic mass is 32.2. The molecule has 0 bridgehead atoms. The Labute approximate surface area is 142 Å². The topological polar surface area (TPSA) is 109 Å². The first-order valence-electron chi connectivity index (χ1n) is 7.82. The summed E-state index contributed by atoms with van der Waals surface area (Å²) >= 11 is 0. The molecule has 1 aliphatic heterocycles. The Bertz CT molecular complexity index is 786. The largest absolute Gasteiger partial charge is 0.278 e. The third-order valence-electron chi connectivity index (χ3n) is 3.90. The molecule has 1 fully saturated rings. The number of nitrogens with one attached hydrogen (secondary N) is 2. The van der Waals surface area contributed by atoms with E-state index in [1.54, 1.807) is 12.1 Å². The average molecular weight is 374 g/mol. The number of benzene rings is 1. The van der Waals surface area contributed by atoms with E-state index in [1.165, 1.54) is 12.1 Å². The molecule has 9 heteroatoms. The van der Waals surface area contributed by atoms with E-state index in [1.807, 2.05) is 11.8 Å². The van der Waals surface area contributed by atoms with Crippen LogP contribution in [0.15, 0.2) is 29.2 Å². The van der Waals surface area contributed by atoms with Crippen molar-refractivity contribution in [2.75, 3.05) is 11.5 Å². The van der Waals surface area contributed by atoms with Crippen molar-refractivity contribution in [3.8, 4) is 0 Å². The number of aryl methyl sites for hydroxylation is 1. The van der Waals surface area contributed by atoms with Crippen LogP contribution in [0, 0.1) is 5.92 Å². The SMILES string of the molecule is CCCc1ccc(S(=O)(=O)NNC(=O)C[C@H]2CCS(=O)(=O)C2)cc1. The lowest BCUT2D eigenvalue weighted by Gasteiger charge is -2.11. The lowest BCUT2D eigenvalue weighted by Crippen LogP contribution is -2.42. The molecular formula is C15H22N2O5S2. The van der Waals surface area contributed by atoms with Crippen molar-refractivity contribution < 1.29 is 21.6 Å². The second kappa shape index (κ2) is 7.62. The second-order valence-electron chi connectivity index (χ2n) is 6.02. The number of carbonyl (C=O) groups excluding carboxylic acids is 1. The summed E-state index contributed by atoms with van der Waals surface area (Å²) in [5.74, 6) is -0.733. The van der Waals surface area contributed by atoms with Crippen LogP contribution >= 0.6 is 0 Å². The van der Waals surface area contributed by atoms with Gasteiger partial charge in [-0.1, -0.05) is 25.5 Å². The van der Waals surface area contributed by atoms with Gasteiger partial charge in [-0.15, -0.1) is 4.83 Å². The summed E-state index contributed by atoms with van der Waals surface area (Å²) in [4.78, 5) is 13.9. The molecular weight excluding hydrogens is 352 g/mol. The quantitative estimate of drug-likeness (QED) is 0.685. The van der Waals surface area contributed by atoms with Gasteiger partial charge in [0.05, 0.1) is 16.4 Å².